The van der Waals surface area contributed by atoms with Crippen molar-refractivity contribution in [3.8, 4) is 11.3 Å². The number of rotatable bonds is 11. The highest BCUT2D eigenvalue weighted by Crippen LogP contribution is 2.34. The molecule has 1 aromatic carbocycles. The zero-order valence-electron chi connectivity index (χ0n) is 19.2. The van der Waals surface area contributed by atoms with Crippen LogP contribution in [0.2, 0.25) is 0 Å². The average molecular weight is 513 g/mol. The van der Waals surface area contributed by atoms with Crippen LogP contribution in [0.3, 0.4) is 0 Å². The molecule has 0 saturated heterocycles. The summed E-state index contributed by atoms with van der Waals surface area (Å²) in [5.41, 5.74) is -2.09. The fourth-order valence-electron chi connectivity index (χ4n) is 3.44. The van der Waals surface area contributed by atoms with Gasteiger partial charge in [-0.3, -0.25) is 0 Å². The van der Waals surface area contributed by atoms with Crippen molar-refractivity contribution < 1.29 is 31.4 Å². The molecule has 0 aliphatic heterocycles. The first kappa shape index (κ1) is 30.2. The molecule has 3 nitrogen and oxygen atoms in total. The molecule has 0 bridgehead atoms. The third kappa shape index (κ3) is 9.07. The number of hydrogen-bond acceptors (Lipinski definition) is 3. The molecule has 0 amide bonds. The molecule has 0 fully saturated rings. The normalized spacial score (nSPS) is 13.1. The molecule has 192 valence electrons. The van der Waals surface area contributed by atoms with Gasteiger partial charge in [-0.25, -0.2) is 4.98 Å². The van der Waals surface area contributed by atoms with E-state index in [9.17, 15) is 31.4 Å². The highest BCUT2D eigenvalue weighted by Gasteiger charge is 2.34. The van der Waals surface area contributed by atoms with Gasteiger partial charge in [-0.15, -0.1) is 12.4 Å². The average Bonchev–Trinajstić information content (AvgIpc) is 2.77. The number of alkyl halides is 6. The molecule has 2 rings (SSSR count). The van der Waals surface area contributed by atoms with Crippen LogP contribution in [0.25, 0.3) is 11.3 Å². The summed E-state index contributed by atoms with van der Waals surface area (Å²) < 4.78 is 78.8. The third-order valence-corrected chi connectivity index (χ3v) is 5.41. The summed E-state index contributed by atoms with van der Waals surface area (Å²) in [6, 6.07) is 5.88. The highest BCUT2D eigenvalue weighted by molar-refractivity contribution is 5.85. The monoisotopic (exact) mass is 512 g/mol. The van der Waals surface area contributed by atoms with Crippen LogP contribution >= 0.6 is 12.4 Å². The molecule has 34 heavy (non-hydrogen) atoms. The molecule has 1 N–H and O–H groups in total. The smallest absolute Gasteiger partial charge is 0.388 e. The lowest BCUT2D eigenvalue weighted by atomic mass is 10.0. The standard InChI is InChI=1S/C24H30F6N2O.ClH/c1-3-5-12-32(13-6-4-2)14-11-21(33)18-15-20(31-22(16-18)24(28,29)30)17-7-9-19(10-8-17)23(25,26)27;/h7-10,15-16,21,33H,3-6,11-14H2,1-2H3;1H. The van der Waals surface area contributed by atoms with Crippen molar-refractivity contribution in [2.24, 2.45) is 0 Å². The Morgan fingerprint density at radius 1 is 0.853 bits per heavy atom. The molecule has 1 atom stereocenters. The SMILES string of the molecule is CCCCN(CCCC)CCC(O)c1cc(-c2ccc(C(F)(F)F)cc2)nc(C(F)(F)F)c1.Cl. The second kappa shape index (κ2) is 13.3. The minimum atomic E-state index is -4.76. The van der Waals surface area contributed by atoms with Crippen molar-refractivity contribution in [3.63, 3.8) is 0 Å². The maximum Gasteiger partial charge on any atom is 0.433 e. The van der Waals surface area contributed by atoms with Gasteiger partial charge in [-0.05, 0) is 62.2 Å². The Morgan fingerprint density at radius 3 is 1.88 bits per heavy atom. The van der Waals surface area contributed by atoms with Gasteiger partial charge in [0.2, 0.25) is 0 Å². The summed E-state index contributed by atoms with van der Waals surface area (Å²) in [6.07, 6.45) is -6.22. The molecule has 0 saturated carbocycles. The molecular weight excluding hydrogens is 482 g/mol. The lowest BCUT2D eigenvalue weighted by Crippen LogP contribution is -2.28. The zero-order valence-corrected chi connectivity index (χ0v) is 20.0. The Hall–Kier alpha value is -1.84. The van der Waals surface area contributed by atoms with Crippen molar-refractivity contribution in [2.75, 3.05) is 19.6 Å². The van der Waals surface area contributed by atoms with E-state index in [2.05, 4.69) is 23.7 Å². The molecule has 2 aromatic rings. The van der Waals surface area contributed by atoms with Crippen LogP contribution < -0.4 is 0 Å². The Morgan fingerprint density at radius 2 is 1.41 bits per heavy atom. The predicted octanol–water partition coefficient (Wildman–Crippen LogP) is 7.53. The summed E-state index contributed by atoms with van der Waals surface area (Å²) >= 11 is 0. The van der Waals surface area contributed by atoms with E-state index in [1.54, 1.807) is 0 Å². The number of aliphatic hydroxyl groups is 1. The number of aromatic nitrogens is 1. The maximum atomic E-state index is 13.4. The Kier molecular flexibility index (Phi) is 11.8. The van der Waals surface area contributed by atoms with E-state index in [1.165, 1.54) is 6.07 Å². The molecule has 1 heterocycles. The summed E-state index contributed by atoms with van der Waals surface area (Å²) in [5.74, 6) is 0. The molecule has 1 aromatic heterocycles. The summed E-state index contributed by atoms with van der Waals surface area (Å²) in [5, 5.41) is 10.7. The Labute approximate surface area is 202 Å². The van der Waals surface area contributed by atoms with Crippen LogP contribution in [0.5, 0.6) is 0 Å². The molecule has 10 heteroatoms. The van der Waals surface area contributed by atoms with E-state index in [-0.39, 0.29) is 35.6 Å². The first-order chi connectivity index (χ1) is 15.5. The van der Waals surface area contributed by atoms with Crippen LogP contribution in [0.15, 0.2) is 36.4 Å². The summed E-state index contributed by atoms with van der Waals surface area (Å²) in [7, 11) is 0. The van der Waals surface area contributed by atoms with Crippen molar-refractivity contribution in [2.45, 2.75) is 64.4 Å². The van der Waals surface area contributed by atoms with Crippen LogP contribution in [0.1, 0.15) is 68.9 Å². The quantitative estimate of drug-likeness (QED) is 0.316. The van der Waals surface area contributed by atoms with Crippen molar-refractivity contribution in [1.29, 1.82) is 0 Å². The minimum absolute atomic E-state index is 0. The van der Waals surface area contributed by atoms with Gasteiger partial charge in [0.15, 0.2) is 0 Å². The Bertz CT molecular complexity index is 863. The molecular formula is C24H31ClF6N2O. The topological polar surface area (TPSA) is 36.4 Å². The van der Waals surface area contributed by atoms with Crippen LogP contribution in [0, 0.1) is 0 Å². The zero-order chi connectivity index (χ0) is 24.6. The van der Waals surface area contributed by atoms with Gasteiger partial charge < -0.3 is 10.0 Å². The summed E-state index contributed by atoms with van der Waals surface area (Å²) in [4.78, 5) is 5.79. The maximum absolute atomic E-state index is 13.4. The van der Waals surface area contributed by atoms with E-state index in [0.29, 0.717) is 6.54 Å². The van der Waals surface area contributed by atoms with Gasteiger partial charge in [0.1, 0.15) is 5.69 Å². The van der Waals surface area contributed by atoms with Crippen LogP contribution in [-0.4, -0.2) is 34.6 Å². The van der Waals surface area contributed by atoms with Crippen molar-refractivity contribution >= 4 is 12.4 Å². The molecule has 0 aliphatic carbocycles. The number of hydrogen-bond donors (Lipinski definition) is 1. The third-order valence-electron chi connectivity index (χ3n) is 5.41. The van der Waals surface area contributed by atoms with Gasteiger partial charge in [-0.1, -0.05) is 38.8 Å². The first-order valence-corrected chi connectivity index (χ1v) is 11.1. The van der Waals surface area contributed by atoms with Gasteiger partial charge in [0.25, 0.3) is 0 Å². The van der Waals surface area contributed by atoms with Crippen LogP contribution in [0.4, 0.5) is 26.3 Å². The molecule has 1 unspecified atom stereocenters. The van der Waals surface area contributed by atoms with Gasteiger partial charge in [0, 0.05) is 12.1 Å². The number of aliphatic hydroxyl groups excluding tert-OH is 1. The molecule has 0 spiro atoms. The summed E-state index contributed by atoms with van der Waals surface area (Å²) in [6.45, 7) is 6.38. The lowest BCUT2D eigenvalue weighted by Gasteiger charge is -2.24. The fourth-order valence-corrected chi connectivity index (χ4v) is 3.44. The van der Waals surface area contributed by atoms with Crippen LogP contribution in [-0.2, 0) is 12.4 Å². The van der Waals surface area contributed by atoms with E-state index in [4.69, 9.17) is 0 Å². The van der Waals surface area contributed by atoms with Gasteiger partial charge >= 0.3 is 12.4 Å². The number of nitrogens with zero attached hydrogens (tertiary/aromatic N) is 2. The van der Waals surface area contributed by atoms with E-state index < -0.39 is 29.7 Å². The minimum Gasteiger partial charge on any atom is -0.388 e. The number of halogens is 7. The lowest BCUT2D eigenvalue weighted by molar-refractivity contribution is -0.141. The largest absolute Gasteiger partial charge is 0.433 e. The van der Waals surface area contributed by atoms with E-state index in [0.717, 1.165) is 69.1 Å². The highest BCUT2D eigenvalue weighted by atomic mass is 35.5. The molecule has 0 aliphatic rings. The number of unbranched alkanes of at least 4 members (excludes halogenated alkanes) is 2. The first-order valence-electron chi connectivity index (χ1n) is 11.1. The van der Waals surface area contributed by atoms with Crippen molar-refractivity contribution in [1.82, 2.24) is 9.88 Å². The predicted molar refractivity (Wildman–Crippen MR) is 123 cm³/mol. The second-order valence-electron chi connectivity index (χ2n) is 8.10. The number of benzene rings is 1. The Balaban J connectivity index is 0.00000578. The van der Waals surface area contributed by atoms with Gasteiger partial charge in [-0.2, -0.15) is 26.3 Å². The second-order valence-corrected chi connectivity index (χ2v) is 8.10. The van der Waals surface area contributed by atoms with Crippen molar-refractivity contribution in [3.05, 3.63) is 53.2 Å². The molecule has 0 radical (unpaired) electrons. The number of pyridine rings is 1. The van der Waals surface area contributed by atoms with Gasteiger partial charge in [0.05, 0.1) is 17.4 Å². The van der Waals surface area contributed by atoms with E-state index >= 15 is 0 Å². The fraction of sp³-hybridized carbons (Fsp3) is 0.542. The van der Waals surface area contributed by atoms with E-state index in [1.807, 2.05) is 0 Å².